The second kappa shape index (κ2) is 9.18. The van der Waals surface area contributed by atoms with Crippen molar-refractivity contribution in [3.63, 3.8) is 0 Å². The molecule has 0 aromatic carbocycles. The van der Waals surface area contributed by atoms with Crippen molar-refractivity contribution in [1.82, 2.24) is 29.9 Å². The first-order chi connectivity index (χ1) is 17.1. The summed E-state index contributed by atoms with van der Waals surface area (Å²) in [5.41, 5.74) is 0.616. The highest BCUT2D eigenvalue weighted by Gasteiger charge is 2.54. The van der Waals surface area contributed by atoms with Crippen LogP contribution in [0, 0.1) is 18.8 Å². The van der Waals surface area contributed by atoms with Crippen molar-refractivity contribution in [1.29, 1.82) is 0 Å². The summed E-state index contributed by atoms with van der Waals surface area (Å²) in [5.74, 6) is 0.483. The third-order valence-corrected chi connectivity index (χ3v) is 6.90. The Labute approximate surface area is 206 Å². The average Bonchev–Trinajstić information content (AvgIpc) is 3.55. The van der Waals surface area contributed by atoms with Gasteiger partial charge in [-0.05, 0) is 56.2 Å². The maximum absolute atomic E-state index is 14.0. The van der Waals surface area contributed by atoms with Crippen LogP contribution in [-0.2, 0) is 6.18 Å². The molecule has 0 spiro atoms. The van der Waals surface area contributed by atoms with E-state index in [4.69, 9.17) is 4.74 Å². The van der Waals surface area contributed by atoms with Crippen LogP contribution in [-0.4, -0.2) is 54.0 Å². The number of rotatable bonds is 6. The van der Waals surface area contributed by atoms with Crippen molar-refractivity contribution in [3.05, 3.63) is 59.8 Å². The van der Waals surface area contributed by atoms with E-state index in [-0.39, 0.29) is 41.6 Å². The Morgan fingerprint density at radius 2 is 1.89 bits per heavy atom. The summed E-state index contributed by atoms with van der Waals surface area (Å²) in [6.45, 7) is 6.07. The van der Waals surface area contributed by atoms with E-state index in [0.717, 1.165) is 25.1 Å². The van der Waals surface area contributed by atoms with E-state index in [9.17, 15) is 18.0 Å². The molecule has 4 atom stereocenters. The summed E-state index contributed by atoms with van der Waals surface area (Å²) < 4.78 is 44.8. The van der Waals surface area contributed by atoms with Crippen LogP contribution >= 0.6 is 0 Å². The van der Waals surface area contributed by atoms with Crippen LogP contribution in [0.1, 0.15) is 54.9 Å². The number of fused-ring (bicyclic) bond motifs is 2. The van der Waals surface area contributed by atoms with Gasteiger partial charge in [-0.2, -0.15) is 23.4 Å². The number of ether oxygens (including phenoxy) is 1. The Kier molecular flexibility index (Phi) is 6.17. The number of carbonyl (C=O) groups is 1. The van der Waals surface area contributed by atoms with E-state index in [1.165, 1.54) is 23.3 Å². The van der Waals surface area contributed by atoms with Gasteiger partial charge in [0.1, 0.15) is 11.8 Å². The Bertz CT molecular complexity index is 1230. The molecule has 8 nitrogen and oxygen atoms in total. The van der Waals surface area contributed by atoms with Gasteiger partial charge < -0.3 is 9.64 Å². The number of carbonyl (C=O) groups excluding carboxylic acids is 1. The van der Waals surface area contributed by atoms with Gasteiger partial charge in [-0.25, -0.2) is 9.97 Å². The SMILES string of the molecule is Cc1ccc(-n2nccn2)c(C(=O)N2C(CC(C)C)C3C[C@@H](Oc4ccc(C(F)(F)F)cn4)[C@@H]2C3)n1. The summed E-state index contributed by atoms with van der Waals surface area (Å²) in [7, 11) is 0. The zero-order valence-electron chi connectivity index (χ0n) is 20.2. The number of hydrogen-bond acceptors (Lipinski definition) is 6. The molecule has 1 aliphatic heterocycles. The minimum absolute atomic E-state index is 0.0173. The second-order valence-electron chi connectivity index (χ2n) is 9.89. The number of amides is 1. The molecule has 2 unspecified atom stereocenters. The van der Waals surface area contributed by atoms with Gasteiger partial charge in [-0.1, -0.05) is 13.8 Å². The smallest absolute Gasteiger partial charge is 0.417 e. The third kappa shape index (κ3) is 4.54. The highest BCUT2D eigenvalue weighted by Crippen LogP contribution is 2.47. The van der Waals surface area contributed by atoms with E-state index in [0.29, 0.717) is 23.7 Å². The lowest BCUT2D eigenvalue weighted by Crippen LogP contribution is -2.52. The number of aryl methyl sites for hydroxylation is 1. The monoisotopic (exact) mass is 500 g/mol. The Hall–Kier alpha value is -3.50. The van der Waals surface area contributed by atoms with Crippen molar-refractivity contribution in [2.75, 3.05) is 0 Å². The maximum Gasteiger partial charge on any atom is 0.417 e. The van der Waals surface area contributed by atoms with E-state index in [2.05, 4.69) is 34.0 Å². The number of piperidine rings is 1. The van der Waals surface area contributed by atoms with Crippen LogP contribution in [0.5, 0.6) is 5.88 Å². The maximum atomic E-state index is 14.0. The first-order valence-electron chi connectivity index (χ1n) is 12.0. The van der Waals surface area contributed by atoms with Crippen LogP contribution in [0.4, 0.5) is 13.2 Å². The van der Waals surface area contributed by atoms with Gasteiger partial charge in [0.15, 0.2) is 5.69 Å². The molecule has 1 saturated carbocycles. The van der Waals surface area contributed by atoms with Crippen LogP contribution in [0.15, 0.2) is 42.9 Å². The van der Waals surface area contributed by atoms with Gasteiger partial charge in [0.05, 0.1) is 24.0 Å². The van der Waals surface area contributed by atoms with E-state index >= 15 is 0 Å². The van der Waals surface area contributed by atoms with Crippen LogP contribution in [0.2, 0.25) is 0 Å². The standard InChI is InChI=1S/C25H27F3N6O2/c1-14(2)10-19-16-11-20(21(12-16)36-22-7-5-17(13-29-22)25(26,27)28)33(19)24(35)23-18(6-4-15(3)32-23)34-30-8-9-31-34/h4-9,13-14,16,19-21H,10-12H2,1-3H3/t16?,19?,20-,21+/m0/s1. The zero-order chi connectivity index (χ0) is 25.6. The van der Waals surface area contributed by atoms with Crippen LogP contribution < -0.4 is 4.74 Å². The first kappa shape index (κ1) is 24.2. The summed E-state index contributed by atoms with van der Waals surface area (Å²) >= 11 is 0. The minimum atomic E-state index is -4.47. The number of alkyl halides is 3. The summed E-state index contributed by atoms with van der Waals surface area (Å²) in [5, 5.41) is 8.36. The number of pyridine rings is 2. The molecule has 2 bridgehead atoms. The lowest BCUT2D eigenvalue weighted by atomic mass is 9.90. The van der Waals surface area contributed by atoms with Crippen molar-refractivity contribution < 1.29 is 22.7 Å². The molecule has 2 fully saturated rings. The molecule has 1 saturated heterocycles. The fourth-order valence-corrected chi connectivity index (χ4v) is 5.41. The highest BCUT2D eigenvalue weighted by molar-refractivity contribution is 5.96. The predicted octanol–water partition coefficient (Wildman–Crippen LogP) is 4.48. The molecule has 11 heteroatoms. The van der Waals surface area contributed by atoms with Crippen molar-refractivity contribution in [2.45, 2.75) is 64.4 Å². The molecule has 36 heavy (non-hydrogen) atoms. The molecule has 3 aromatic heterocycles. The fraction of sp³-hybridized carbons (Fsp3) is 0.480. The molecule has 2 aliphatic rings. The van der Waals surface area contributed by atoms with Gasteiger partial charge in [0.25, 0.3) is 5.91 Å². The molecule has 0 radical (unpaired) electrons. The van der Waals surface area contributed by atoms with E-state index in [1.54, 1.807) is 12.1 Å². The van der Waals surface area contributed by atoms with Crippen LogP contribution in [0.25, 0.3) is 5.69 Å². The Balaban J connectivity index is 1.45. The molecule has 0 N–H and O–H groups in total. The minimum Gasteiger partial charge on any atom is -0.472 e. The average molecular weight is 501 g/mol. The third-order valence-electron chi connectivity index (χ3n) is 6.90. The summed E-state index contributed by atoms with van der Waals surface area (Å²) in [4.78, 5) is 25.7. The van der Waals surface area contributed by atoms with Gasteiger partial charge in [-0.15, -0.1) is 4.80 Å². The molecular formula is C25H27F3N6O2. The molecule has 1 amide bonds. The normalized spacial score (nSPS) is 23.5. The number of nitrogens with zero attached hydrogens (tertiary/aromatic N) is 6. The molecular weight excluding hydrogens is 473 g/mol. The Morgan fingerprint density at radius 1 is 1.14 bits per heavy atom. The van der Waals surface area contributed by atoms with Crippen molar-refractivity contribution >= 4 is 5.91 Å². The van der Waals surface area contributed by atoms with Crippen molar-refractivity contribution in [3.8, 4) is 11.6 Å². The fourth-order valence-electron chi connectivity index (χ4n) is 5.41. The molecule has 190 valence electrons. The van der Waals surface area contributed by atoms with E-state index in [1.807, 2.05) is 11.8 Å². The van der Waals surface area contributed by atoms with Crippen LogP contribution in [0.3, 0.4) is 0 Å². The van der Waals surface area contributed by atoms with Gasteiger partial charge in [-0.3, -0.25) is 4.79 Å². The number of aromatic nitrogens is 5. The summed E-state index contributed by atoms with van der Waals surface area (Å²) in [6.07, 6.45) is 1.31. The topological polar surface area (TPSA) is 86.0 Å². The quantitative estimate of drug-likeness (QED) is 0.496. The largest absolute Gasteiger partial charge is 0.472 e. The second-order valence-corrected chi connectivity index (χ2v) is 9.89. The lowest BCUT2D eigenvalue weighted by Gasteiger charge is -2.40. The van der Waals surface area contributed by atoms with Gasteiger partial charge >= 0.3 is 6.18 Å². The first-order valence-corrected chi connectivity index (χ1v) is 12.0. The van der Waals surface area contributed by atoms with Gasteiger partial charge in [0, 0.05) is 24.0 Å². The lowest BCUT2D eigenvalue weighted by molar-refractivity contribution is -0.137. The molecule has 4 heterocycles. The molecule has 1 aliphatic carbocycles. The molecule has 5 rings (SSSR count). The summed E-state index contributed by atoms with van der Waals surface area (Å²) in [6, 6.07) is 5.55. The van der Waals surface area contributed by atoms with Crippen molar-refractivity contribution in [2.24, 2.45) is 11.8 Å². The van der Waals surface area contributed by atoms with E-state index < -0.39 is 11.7 Å². The highest BCUT2D eigenvalue weighted by atomic mass is 19.4. The zero-order valence-corrected chi connectivity index (χ0v) is 20.2. The number of hydrogen-bond donors (Lipinski definition) is 0. The Morgan fingerprint density at radius 3 is 2.53 bits per heavy atom. The number of halogens is 3. The molecule has 3 aromatic rings. The van der Waals surface area contributed by atoms with Gasteiger partial charge in [0.2, 0.25) is 5.88 Å². The number of likely N-dealkylation sites (tertiary alicyclic amines) is 1. The predicted molar refractivity (Wildman–Crippen MR) is 123 cm³/mol.